The van der Waals surface area contributed by atoms with Crippen molar-refractivity contribution < 1.29 is 14.3 Å². The Morgan fingerprint density at radius 1 is 0.897 bits per heavy atom. The third-order valence-corrected chi connectivity index (χ3v) is 5.09. The summed E-state index contributed by atoms with van der Waals surface area (Å²) in [5.74, 6) is -0.0767. The zero-order chi connectivity index (χ0) is 20.6. The molecule has 3 aromatic rings. The molecule has 0 aliphatic heterocycles. The highest BCUT2D eigenvalue weighted by molar-refractivity contribution is 7.99. The van der Waals surface area contributed by atoms with Crippen LogP contribution in [0.5, 0.6) is 5.75 Å². The lowest BCUT2D eigenvalue weighted by Crippen LogP contribution is -2.21. The highest BCUT2D eigenvalue weighted by atomic mass is 35.5. The van der Waals surface area contributed by atoms with E-state index < -0.39 is 0 Å². The molecule has 3 aromatic carbocycles. The molecule has 0 spiro atoms. The lowest BCUT2D eigenvalue weighted by Gasteiger charge is -2.13. The van der Waals surface area contributed by atoms with Gasteiger partial charge >= 0.3 is 0 Å². The number of halogens is 1. The maximum atomic E-state index is 12.4. The summed E-state index contributed by atoms with van der Waals surface area (Å²) in [6, 6.07) is 22.0. The van der Waals surface area contributed by atoms with Crippen LogP contribution < -0.4 is 15.4 Å². The monoisotopic (exact) mass is 426 g/mol. The van der Waals surface area contributed by atoms with E-state index in [0.29, 0.717) is 22.1 Å². The minimum absolute atomic E-state index is 0.184. The molecule has 0 aromatic heterocycles. The molecule has 0 radical (unpaired) electrons. The molecular weight excluding hydrogens is 408 g/mol. The van der Waals surface area contributed by atoms with Gasteiger partial charge in [-0.2, -0.15) is 0 Å². The first-order valence-corrected chi connectivity index (χ1v) is 10.0. The SMILES string of the molecule is CC(=O)Nc1ccccc1OCC(=O)Nc1ccccc1Sc1ccc(Cl)cc1. The summed E-state index contributed by atoms with van der Waals surface area (Å²) in [4.78, 5) is 25.6. The van der Waals surface area contributed by atoms with Crippen LogP contribution in [-0.4, -0.2) is 18.4 Å². The largest absolute Gasteiger partial charge is 0.482 e. The Balaban J connectivity index is 1.64. The topological polar surface area (TPSA) is 67.4 Å². The lowest BCUT2D eigenvalue weighted by molar-refractivity contribution is -0.118. The van der Waals surface area contributed by atoms with Crippen LogP contribution in [0.15, 0.2) is 82.6 Å². The molecule has 7 heteroatoms. The average Bonchev–Trinajstić information content (AvgIpc) is 2.70. The summed E-state index contributed by atoms with van der Waals surface area (Å²) >= 11 is 7.46. The van der Waals surface area contributed by atoms with Gasteiger partial charge in [0.2, 0.25) is 5.91 Å². The number of hydrogen-bond donors (Lipinski definition) is 2. The number of rotatable bonds is 7. The smallest absolute Gasteiger partial charge is 0.262 e. The predicted octanol–water partition coefficient (Wildman–Crippen LogP) is 5.47. The van der Waals surface area contributed by atoms with Crippen molar-refractivity contribution in [3.63, 3.8) is 0 Å². The number of ether oxygens (including phenoxy) is 1. The summed E-state index contributed by atoms with van der Waals surface area (Å²) in [6.45, 7) is 1.23. The Morgan fingerprint density at radius 2 is 1.55 bits per heavy atom. The molecule has 5 nitrogen and oxygen atoms in total. The van der Waals surface area contributed by atoms with Gasteiger partial charge in [0.25, 0.3) is 5.91 Å². The van der Waals surface area contributed by atoms with Crippen molar-refractivity contribution in [1.29, 1.82) is 0 Å². The average molecular weight is 427 g/mol. The summed E-state index contributed by atoms with van der Waals surface area (Å²) in [7, 11) is 0. The molecule has 0 saturated carbocycles. The number of para-hydroxylation sites is 3. The van der Waals surface area contributed by atoms with Gasteiger partial charge in [-0.05, 0) is 48.5 Å². The molecule has 2 N–H and O–H groups in total. The first-order chi connectivity index (χ1) is 14.0. The molecule has 0 atom stereocenters. The van der Waals surface area contributed by atoms with E-state index in [9.17, 15) is 9.59 Å². The summed E-state index contributed by atoms with van der Waals surface area (Å²) < 4.78 is 5.60. The van der Waals surface area contributed by atoms with Gasteiger partial charge in [-0.15, -0.1) is 0 Å². The van der Waals surface area contributed by atoms with E-state index in [1.54, 1.807) is 24.3 Å². The van der Waals surface area contributed by atoms with E-state index in [1.165, 1.54) is 18.7 Å². The Labute approximate surface area is 178 Å². The molecule has 0 bridgehead atoms. The molecule has 0 saturated heterocycles. The quantitative estimate of drug-likeness (QED) is 0.525. The van der Waals surface area contributed by atoms with Crippen molar-refractivity contribution in [2.75, 3.05) is 17.2 Å². The number of anilines is 2. The first kappa shape index (κ1) is 20.8. The van der Waals surface area contributed by atoms with Crippen LogP contribution in [0.2, 0.25) is 5.02 Å². The Bertz CT molecular complexity index is 1010. The van der Waals surface area contributed by atoms with Crippen molar-refractivity contribution in [1.82, 2.24) is 0 Å². The van der Waals surface area contributed by atoms with Gasteiger partial charge in [0, 0.05) is 21.7 Å². The van der Waals surface area contributed by atoms with Gasteiger partial charge in [-0.1, -0.05) is 47.6 Å². The van der Waals surface area contributed by atoms with Crippen LogP contribution in [0.25, 0.3) is 0 Å². The molecule has 148 valence electrons. The van der Waals surface area contributed by atoms with Crippen molar-refractivity contribution in [2.45, 2.75) is 16.7 Å². The maximum Gasteiger partial charge on any atom is 0.262 e. The summed E-state index contributed by atoms with van der Waals surface area (Å²) in [6.07, 6.45) is 0. The molecule has 0 aliphatic carbocycles. The van der Waals surface area contributed by atoms with E-state index in [1.807, 2.05) is 48.5 Å². The normalized spacial score (nSPS) is 10.3. The van der Waals surface area contributed by atoms with E-state index in [-0.39, 0.29) is 18.4 Å². The Morgan fingerprint density at radius 3 is 2.28 bits per heavy atom. The zero-order valence-corrected chi connectivity index (χ0v) is 17.2. The van der Waals surface area contributed by atoms with Gasteiger partial charge in [0.15, 0.2) is 6.61 Å². The van der Waals surface area contributed by atoms with Gasteiger partial charge in [-0.25, -0.2) is 0 Å². The summed E-state index contributed by atoms with van der Waals surface area (Å²) in [5, 5.41) is 6.23. The van der Waals surface area contributed by atoms with Gasteiger partial charge in [0.1, 0.15) is 5.75 Å². The molecule has 29 heavy (non-hydrogen) atoms. The van der Waals surface area contributed by atoms with Crippen LogP contribution >= 0.6 is 23.4 Å². The molecule has 3 rings (SSSR count). The fourth-order valence-corrected chi connectivity index (χ4v) is 3.53. The number of carbonyl (C=O) groups is 2. The van der Waals surface area contributed by atoms with Crippen molar-refractivity contribution in [3.05, 3.63) is 77.8 Å². The minimum atomic E-state index is -0.299. The van der Waals surface area contributed by atoms with Crippen molar-refractivity contribution >= 4 is 46.6 Å². The molecule has 2 amide bonds. The standard InChI is InChI=1S/C22H19ClN2O3S/c1-15(26)24-18-6-2-4-8-20(18)28-14-22(27)25-19-7-3-5-9-21(19)29-17-12-10-16(23)11-13-17/h2-13H,14H2,1H3,(H,24,26)(H,25,27). The lowest BCUT2D eigenvalue weighted by atomic mass is 10.3. The molecule has 0 fully saturated rings. The number of nitrogens with one attached hydrogen (secondary N) is 2. The second-order valence-corrected chi connectivity index (χ2v) is 7.62. The van der Waals surface area contributed by atoms with Crippen LogP contribution in [0.1, 0.15) is 6.92 Å². The second-order valence-electron chi connectivity index (χ2n) is 6.07. The van der Waals surface area contributed by atoms with Gasteiger partial charge in [0.05, 0.1) is 11.4 Å². The third kappa shape index (κ3) is 6.27. The fraction of sp³-hybridized carbons (Fsp3) is 0.0909. The minimum Gasteiger partial charge on any atom is -0.482 e. The van der Waals surface area contributed by atoms with E-state index in [0.717, 1.165) is 9.79 Å². The van der Waals surface area contributed by atoms with Crippen LogP contribution in [0, 0.1) is 0 Å². The molecule has 0 unspecified atom stereocenters. The number of hydrogen-bond acceptors (Lipinski definition) is 4. The fourth-order valence-electron chi connectivity index (χ4n) is 2.50. The molecule has 0 aliphatic rings. The second kappa shape index (κ2) is 10.0. The zero-order valence-electron chi connectivity index (χ0n) is 15.6. The Hall–Kier alpha value is -2.96. The highest BCUT2D eigenvalue weighted by Gasteiger charge is 2.11. The van der Waals surface area contributed by atoms with Crippen molar-refractivity contribution in [2.24, 2.45) is 0 Å². The number of amides is 2. The maximum absolute atomic E-state index is 12.4. The van der Waals surface area contributed by atoms with Crippen LogP contribution in [0.4, 0.5) is 11.4 Å². The van der Waals surface area contributed by atoms with Crippen LogP contribution in [-0.2, 0) is 9.59 Å². The van der Waals surface area contributed by atoms with Gasteiger partial charge < -0.3 is 15.4 Å². The van der Waals surface area contributed by atoms with E-state index >= 15 is 0 Å². The van der Waals surface area contributed by atoms with E-state index in [4.69, 9.17) is 16.3 Å². The number of benzene rings is 3. The van der Waals surface area contributed by atoms with Crippen LogP contribution in [0.3, 0.4) is 0 Å². The predicted molar refractivity (Wildman–Crippen MR) is 117 cm³/mol. The van der Waals surface area contributed by atoms with E-state index in [2.05, 4.69) is 10.6 Å². The van der Waals surface area contributed by atoms with Gasteiger partial charge in [-0.3, -0.25) is 9.59 Å². The summed E-state index contributed by atoms with van der Waals surface area (Å²) in [5.41, 5.74) is 1.21. The third-order valence-electron chi connectivity index (χ3n) is 3.76. The molecule has 0 heterocycles. The highest BCUT2D eigenvalue weighted by Crippen LogP contribution is 2.34. The first-order valence-electron chi connectivity index (χ1n) is 8.83. The Kier molecular flexibility index (Phi) is 7.16. The number of carbonyl (C=O) groups excluding carboxylic acids is 2. The van der Waals surface area contributed by atoms with Crippen molar-refractivity contribution in [3.8, 4) is 5.75 Å². The molecular formula is C22H19ClN2O3S.